The van der Waals surface area contributed by atoms with Crippen molar-refractivity contribution in [2.24, 2.45) is 4.99 Å². The van der Waals surface area contributed by atoms with E-state index in [4.69, 9.17) is 9.73 Å². The zero-order chi connectivity index (χ0) is 16.1. The number of hydrogen-bond donors (Lipinski definition) is 1. The number of ether oxygens (including phenoxy) is 1. The molecule has 0 spiro atoms. The first-order valence-corrected chi connectivity index (χ1v) is 9.14. The van der Waals surface area contributed by atoms with Gasteiger partial charge in [0.1, 0.15) is 0 Å². The lowest BCUT2D eigenvalue weighted by Crippen LogP contribution is -2.38. The lowest BCUT2D eigenvalue weighted by molar-refractivity contribution is 0.0226. The van der Waals surface area contributed by atoms with Crippen LogP contribution in [0.4, 0.5) is 0 Å². The van der Waals surface area contributed by atoms with E-state index in [0.29, 0.717) is 5.56 Å². The average Bonchev–Trinajstić information content (AvgIpc) is 3.30. The van der Waals surface area contributed by atoms with Crippen molar-refractivity contribution in [2.45, 2.75) is 54.9 Å². The molecule has 1 N–H and O–H groups in total. The summed E-state index contributed by atoms with van der Waals surface area (Å²) in [7, 11) is 1.39. The third-order valence-electron chi connectivity index (χ3n) is 5.34. The number of hydrogen-bond acceptors (Lipinski definition) is 5. The second-order valence-corrected chi connectivity index (χ2v) is 7.99. The number of rotatable bonds is 3. The molecule has 2 saturated carbocycles. The van der Waals surface area contributed by atoms with E-state index in [1.165, 1.54) is 19.1 Å². The van der Waals surface area contributed by atoms with Gasteiger partial charge in [-0.15, -0.1) is 11.8 Å². The van der Waals surface area contributed by atoms with Crippen LogP contribution in [0, 0.1) is 0 Å². The van der Waals surface area contributed by atoms with Crippen LogP contribution in [0.1, 0.15) is 54.4 Å². The summed E-state index contributed by atoms with van der Waals surface area (Å²) in [6.45, 7) is 0. The molecule has 1 aromatic carbocycles. The topological polar surface area (TPSA) is 58.9 Å². The minimum atomic E-state index is -0.847. The Labute approximate surface area is 140 Å². The maximum atomic E-state index is 11.6. The van der Waals surface area contributed by atoms with Gasteiger partial charge in [-0.25, -0.2) is 9.79 Å². The standard InChI is InChI=1S/C18H21NO3S/c1-22-15(20)12-5-7-13(8-6-12)17(10-11-17)16-19-18(21)9-3-2-4-14(18)23-16/h5-8,14,21H,2-4,9-11H2,1H3. The molecule has 0 bridgehead atoms. The highest BCUT2D eigenvalue weighted by atomic mass is 32.2. The monoisotopic (exact) mass is 331 g/mol. The van der Waals surface area contributed by atoms with Crippen molar-refractivity contribution in [1.29, 1.82) is 0 Å². The number of thioether (sulfide) groups is 1. The highest BCUT2D eigenvalue weighted by molar-refractivity contribution is 8.15. The van der Waals surface area contributed by atoms with Crippen LogP contribution >= 0.6 is 11.8 Å². The van der Waals surface area contributed by atoms with Gasteiger partial charge in [0, 0.05) is 5.41 Å². The molecular weight excluding hydrogens is 310 g/mol. The van der Waals surface area contributed by atoms with Gasteiger partial charge >= 0.3 is 5.97 Å². The minimum Gasteiger partial charge on any atom is -0.465 e. The first-order chi connectivity index (χ1) is 11.1. The number of carbonyl (C=O) groups is 1. The molecule has 1 heterocycles. The van der Waals surface area contributed by atoms with Gasteiger partial charge in [0.25, 0.3) is 0 Å². The smallest absolute Gasteiger partial charge is 0.337 e. The average molecular weight is 331 g/mol. The van der Waals surface area contributed by atoms with Crippen molar-refractivity contribution in [2.75, 3.05) is 7.11 Å². The summed E-state index contributed by atoms with van der Waals surface area (Å²) in [5.74, 6) is -0.311. The van der Waals surface area contributed by atoms with Crippen LogP contribution < -0.4 is 0 Å². The van der Waals surface area contributed by atoms with Gasteiger partial charge in [-0.2, -0.15) is 0 Å². The second-order valence-electron chi connectivity index (χ2n) is 6.80. The first kappa shape index (κ1) is 15.2. The lowest BCUT2D eigenvalue weighted by atomic mass is 9.91. The van der Waals surface area contributed by atoms with Crippen LogP contribution in [0.5, 0.6) is 0 Å². The van der Waals surface area contributed by atoms with Crippen LogP contribution in [0.15, 0.2) is 29.3 Å². The van der Waals surface area contributed by atoms with Crippen molar-refractivity contribution in [3.63, 3.8) is 0 Å². The van der Waals surface area contributed by atoms with E-state index in [0.717, 1.165) is 37.1 Å². The molecular formula is C18H21NO3S. The van der Waals surface area contributed by atoms with Gasteiger partial charge in [-0.05, 0) is 49.8 Å². The zero-order valence-electron chi connectivity index (χ0n) is 13.2. The fourth-order valence-electron chi connectivity index (χ4n) is 3.74. The molecule has 2 unspecified atom stereocenters. The summed E-state index contributed by atoms with van der Waals surface area (Å²) in [5, 5.41) is 12.1. The Kier molecular flexibility index (Phi) is 3.54. The molecule has 23 heavy (non-hydrogen) atoms. The number of benzene rings is 1. The number of fused-ring (bicyclic) bond motifs is 1. The van der Waals surface area contributed by atoms with Crippen LogP contribution in [-0.4, -0.2) is 34.2 Å². The van der Waals surface area contributed by atoms with E-state index >= 15 is 0 Å². The quantitative estimate of drug-likeness (QED) is 0.864. The molecule has 0 saturated heterocycles. The molecule has 0 aromatic heterocycles. The van der Waals surface area contributed by atoms with Gasteiger partial charge in [-0.1, -0.05) is 18.6 Å². The van der Waals surface area contributed by atoms with Crippen molar-refractivity contribution < 1.29 is 14.6 Å². The van der Waals surface area contributed by atoms with Crippen molar-refractivity contribution in [1.82, 2.24) is 0 Å². The van der Waals surface area contributed by atoms with Crippen molar-refractivity contribution in [3.05, 3.63) is 35.4 Å². The Balaban J connectivity index is 1.62. The summed E-state index contributed by atoms with van der Waals surface area (Å²) >= 11 is 1.78. The summed E-state index contributed by atoms with van der Waals surface area (Å²) in [5.41, 5.74) is 0.880. The molecule has 2 atom stereocenters. The van der Waals surface area contributed by atoms with E-state index in [1.54, 1.807) is 11.8 Å². The Morgan fingerprint density at radius 2 is 2.00 bits per heavy atom. The number of carbonyl (C=O) groups excluding carboxylic acids is 1. The van der Waals surface area contributed by atoms with Gasteiger partial charge in [-0.3, -0.25) is 0 Å². The normalized spacial score (nSPS) is 31.2. The zero-order valence-corrected chi connectivity index (χ0v) is 14.1. The fourth-order valence-corrected chi connectivity index (χ4v) is 5.41. The first-order valence-electron chi connectivity index (χ1n) is 8.26. The van der Waals surface area contributed by atoms with E-state index in [1.807, 2.05) is 24.3 Å². The molecule has 0 radical (unpaired) electrons. The largest absolute Gasteiger partial charge is 0.465 e. The van der Waals surface area contributed by atoms with E-state index in [-0.39, 0.29) is 16.6 Å². The predicted molar refractivity (Wildman–Crippen MR) is 90.9 cm³/mol. The van der Waals surface area contributed by atoms with Gasteiger partial charge in [0.05, 0.1) is 23.0 Å². The minimum absolute atomic E-state index is 0.0353. The number of aliphatic hydroxyl groups is 1. The van der Waals surface area contributed by atoms with Crippen LogP contribution in [0.3, 0.4) is 0 Å². The third-order valence-corrected chi connectivity index (χ3v) is 6.95. The maximum Gasteiger partial charge on any atom is 0.337 e. The summed E-state index contributed by atoms with van der Waals surface area (Å²) in [6, 6.07) is 7.66. The number of aliphatic imine (C=N–C) groups is 1. The molecule has 122 valence electrons. The van der Waals surface area contributed by atoms with Crippen molar-refractivity contribution in [3.8, 4) is 0 Å². The number of methoxy groups -OCH3 is 1. The Hall–Kier alpha value is -1.33. The third kappa shape index (κ3) is 2.41. The van der Waals surface area contributed by atoms with Crippen LogP contribution in [0.25, 0.3) is 0 Å². The highest BCUT2D eigenvalue weighted by Crippen LogP contribution is 2.57. The van der Waals surface area contributed by atoms with E-state index in [9.17, 15) is 9.90 Å². The number of nitrogens with zero attached hydrogens (tertiary/aromatic N) is 1. The fraction of sp³-hybridized carbons (Fsp3) is 0.556. The molecule has 1 aliphatic heterocycles. The van der Waals surface area contributed by atoms with Crippen LogP contribution in [0.2, 0.25) is 0 Å². The Morgan fingerprint density at radius 3 is 2.61 bits per heavy atom. The Bertz CT molecular complexity index is 665. The molecule has 5 heteroatoms. The lowest BCUT2D eigenvalue weighted by Gasteiger charge is -2.30. The molecule has 4 rings (SSSR count). The molecule has 3 aliphatic rings. The molecule has 4 nitrogen and oxygen atoms in total. The van der Waals surface area contributed by atoms with E-state index in [2.05, 4.69) is 0 Å². The highest BCUT2D eigenvalue weighted by Gasteiger charge is 2.56. The Morgan fingerprint density at radius 1 is 1.26 bits per heavy atom. The second kappa shape index (κ2) is 5.35. The number of esters is 1. The van der Waals surface area contributed by atoms with E-state index < -0.39 is 5.72 Å². The molecule has 2 fully saturated rings. The van der Waals surface area contributed by atoms with Crippen molar-refractivity contribution >= 4 is 22.8 Å². The SMILES string of the molecule is COC(=O)c1ccc(C2(C3=NC4(O)CCCCC4S3)CC2)cc1. The summed E-state index contributed by atoms with van der Waals surface area (Å²) < 4.78 is 4.75. The van der Waals surface area contributed by atoms with Gasteiger partial charge in [0.2, 0.25) is 0 Å². The predicted octanol–water partition coefficient (Wildman–Crippen LogP) is 3.28. The summed E-state index contributed by atoms with van der Waals surface area (Å²) in [6.07, 6.45) is 6.21. The maximum absolute atomic E-state index is 11.6. The van der Waals surface area contributed by atoms with Gasteiger partial charge < -0.3 is 9.84 Å². The molecule has 1 aromatic rings. The molecule has 0 amide bonds. The summed E-state index contributed by atoms with van der Waals surface area (Å²) in [4.78, 5) is 16.3. The molecule has 2 aliphatic carbocycles. The van der Waals surface area contributed by atoms with Crippen LogP contribution in [-0.2, 0) is 10.2 Å². The van der Waals surface area contributed by atoms with Gasteiger partial charge in [0.15, 0.2) is 5.72 Å².